The van der Waals surface area contributed by atoms with E-state index in [0.717, 1.165) is 12.8 Å². The summed E-state index contributed by atoms with van der Waals surface area (Å²) in [4.78, 5) is 10.0. The van der Waals surface area contributed by atoms with Gasteiger partial charge in [0.05, 0.1) is 11.3 Å². The Morgan fingerprint density at radius 2 is 1.64 bits per heavy atom. The molecule has 0 atom stereocenters. The van der Waals surface area contributed by atoms with Crippen LogP contribution in [0.15, 0.2) is 0 Å². The maximum Gasteiger partial charge on any atom is 1.00 e. The average molecular weight is 235 g/mol. The number of aliphatic carboxylic acids is 1. The van der Waals surface area contributed by atoms with Crippen molar-refractivity contribution in [3.05, 3.63) is 0 Å². The van der Waals surface area contributed by atoms with Gasteiger partial charge in [0.1, 0.15) is 0 Å². The quantitative estimate of drug-likeness (QED) is 0.394. The van der Waals surface area contributed by atoms with Gasteiger partial charge in [-0.1, -0.05) is 32.6 Å². The Bertz CT molecular complexity index is 114. The number of rotatable bonds is 6. The molecule has 14 heavy (non-hydrogen) atoms. The topological polar surface area (TPSA) is 83.4 Å². The van der Waals surface area contributed by atoms with E-state index in [9.17, 15) is 4.79 Å². The van der Waals surface area contributed by atoms with Gasteiger partial charge in [0.25, 0.3) is 0 Å². The van der Waals surface area contributed by atoms with Crippen molar-refractivity contribution in [2.24, 2.45) is 0 Å². The molecule has 0 spiro atoms. The van der Waals surface area contributed by atoms with E-state index in [2.05, 4.69) is 6.92 Å². The Hall–Kier alpha value is 0.680. The van der Waals surface area contributed by atoms with Crippen molar-refractivity contribution in [3.63, 3.8) is 0 Å². The van der Waals surface area contributed by atoms with E-state index in [1.807, 2.05) is 0 Å². The zero-order valence-electron chi connectivity index (χ0n) is 8.79. The normalized spacial score (nSPS) is 8.21. The maximum atomic E-state index is 10.0. The third-order valence-electron chi connectivity index (χ3n) is 1.49. The Labute approximate surface area is 111 Å². The molecule has 0 aliphatic rings. The van der Waals surface area contributed by atoms with Gasteiger partial charge in [0.2, 0.25) is 0 Å². The molecule has 0 fully saturated rings. The molecular weight excluding hydrogens is 219 g/mol. The molecule has 0 aromatic rings. The molecular formula is C8H16ClNaO4. The Morgan fingerprint density at radius 1 is 1.21 bits per heavy atom. The monoisotopic (exact) mass is 234 g/mol. The summed E-state index contributed by atoms with van der Waals surface area (Å²) in [6, 6.07) is 0. The third-order valence-corrected chi connectivity index (χ3v) is 1.49. The minimum atomic E-state index is -0.670. The van der Waals surface area contributed by atoms with Crippen LogP contribution in [0.25, 0.3) is 0 Å². The molecule has 0 aromatic heterocycles. The predicted octanol–water partition coefficient (Wildman–Crippen LogP) is -2.94. The number of carbonyl (C=O) groups is 1. The Balaban J connectivity index is -0.000000267. The van der Waals surface area contributed by atoms with Gasteiger partial charge in [0.15, 0.2) is 0 Å². The van der Waals surface area contributed by atoms with Crippen LogP contribution in [0.5, 0.6) is 0 Å². The van der Waals surface area contributed by atoms with Crippen LogP contribution in [0, 0.1) is 11.3 Å². The number of hydrogen-bond donors (Lipinski definition) is 1. The zero-order valence-corrected chi connectivity index (χ0v) is 11.5. The summed E-state index contributed by atoms with van der Waals surface area (Å²) < 4.78 is 16.5. The van der Waals surface area contributed by atoms with Gasteiger partial charge in [-0.15, -0.1) is 0 Å². The number of carboxylic acids is 1. The molecule has 0 amide bonds. The summed E-state index contributed by atoms with van der Waals surface area (Å²) in [5.74, 6) is -0.670. The first-order chi connectivity index (χ1) is 6.18. The van der Waals surface area contributed by atoms with Gasteiger partial charge in [-0.2, -0.15) is 0 Å². The van der Waals surface area contributed by atoms with Crippen LogP contribution >= 0.6 is 0 Å². The van der Waals surface area contributed by atoms with Crippen molar-refractivity contribution in [3.8, 4) is 0 Å². The van der Waals surface area contributed by atoms with E-state index in [1.165, 1.54) is 19.3 Å². The second-order valence-corrected chi connectivity index (χ2v) is 2.75. The van der Waals surface area contributed by atoms with E-state index in [4.69, 9.17) is 14.4 Å². The molecule has 0 saturated heterocycles. The second kappa shape index (κ2) is 19.3. The summed E-state index contributed by atoms with van der Waals surface area (Å²) in [5, 5.41) is 8.27. The molecule has 0 radical (unpaired) electrons. The first-order valence-corrected chi connectivity index (χ1v) is 4.91. The minimum Gasteiger partial charge on any atom is -0.544 e. The average Bonchev–Trinajstić information content (AvgIpc) is 2.05. The van der Waals surface area contributed by atoms with Gasteiger partial charge < -0.3 is 14.4 Å². The van der Waals surface area contributed by atoms with E-state index in [0.29, 0.717) is 6.42 Å². The predicted molar refractivity (Wildman–Crippen MR) is 41.0 cm³/mol. The van der Waals surface area contributed by atoms with E-state index >= 15 is 0 Å². The summed E-state index contributed by atoms with van der Waals surface area (Å²) in [7, 11) is 0. The van der Waals surface area contributed by atoms with E-state index in [1.54, 1.807) is 0 Å². The molecule has 0 unspecified atom stereocenters. The molecule has 0 bridgehead atoms. The van der Waals surface area contributed by atoms with Gasteiger partial charge in [-0.25, -0.2) is 0 Å². The van der Waals surface area contributed by atoms with Crippen molar-refractivity contribution in [1.82, 2.24) is 0 Å². The molecule has 0 aliphatic heterocycles. The van der Waals surface area contributed by atoms with Gasteiger partial charge in [-0.05, 0) is 6.42 Å². The Morgan fingerprint density at radius 3 is 2.00 bits per heavy atom. The zero-order chi connectivity index (χ0) is 10.5. The Kier molecular flexibility index (Phi) is 27.7. The van der Waals surface area contributed by atoms with Crippen LogP contribution in [-0.2, 0) is 4.79 Å². The fraction of sp³-hybridized carbons (Fsp3) is 0.875. The molecule has 80 valence electrons. The van der Waals surface area contributed by atoms with Gasteiger partial charge in [-0.3, -0.25) is 4.79 Å². The van der Waals surface area contributed by atoms with Crippen LogP contribution in [0.1, 0.15) is 45.4 Å². The van der Waals surface area contributed by atoms with E-state index < -0.39 is 17.3 Å². The number of halogens is 1. The molecule has 0 saturated carbocycles. The van der Waals surface area contributed by atoms with Crippen molar-refractivity contribution in [1.29, 1.82) is 0 Å². The van der Waals surface area contributed by atoms with Crippen LogP contribution in [0.3, 0.4) is 0 Å². The molecule has 1 N–H and O–H groups in total. The smallest absolute Gasteiger partial charge is 0.544 e. The van der Waals surface area contributed by atoms with Crippen LogP contribution in [-0.4, -0.2) is 11.1 Å². The number of unbranched alkanes of at least 4 members (excludes halogenated alkanes) is 4. The van der Waals surface area contributed by atoms with Crippen LogP contribution in [0.2, 0.25) is 0 Å². The van der Waals surface area contributed by atoms with Crippen molar-refractivity contribution in [2.45, 2.75) is 45.4 Å². The summed E-state index contributed by atoms with van der Waals surface area (Å²) in [5.41, 5.74) is 0. The first-order valence-electron chi connectivity index (χ1n) is 4.30. The van der Waals surface area contributed by atoms with Gasteiger partial charge in [0, 0.05) is 6.42 Å². The fourth-order valence-electron chi connectivity index (χ4n) is 0.880. The standard InChI is InChI=1S/C8H16O2.ClO2.Na/c1-2-3-4-5-6-7-8(9)10;2-1-3;/h2-7H2,1H3,(H,9,10);;/q;-1;+1. The summed E-state index contributed by atoms with van der Waals surface area (Å²) in [6.07, 6.45) is 5.88. The number of hydrogen-bond acceptors (Lipinski definition) is 3. The molecule has 0 aliphatic carbocycles. The number of carboxylic acid groups (broad SMARTS) is 1. The van der Waals surface area contributed by atoms with Gasteiger partial charge >= 0.3 is 35.5 Å². The molecule has 4 nitrogen and oxygen atoms in total. The van der Waals surface area contributed by atoms with Crippen LogP contribution in [0.4, 0.5) is 0 Å². The second-order valence-electron chi connectivity index (χ2n) is 2.62. The van der Waals surface area contributed by atoms with E-state index in [-0.39, 0.29) is 29.6 Å². The maximum absolute atomic E-state index is 10.0. The molecule has 0 heterocycles. The molecule has 0 rings (SSSR count). The first kappa shape index (κ1) is 20.1. The van der Waals surface area contributed by atoms with Crippen molar-refractivity contribution in [2.75, 3.05) is 0 Å². The largest absolute Gasteiger partial charge is 1.00 e. The minimum absolute atomic E-state index is 0. The van der Waals surface area contributed by atoms with Crippen molar-refractivity contribution >= 4 is 5.97 Å². The molecule has 6 heteroatoms. The SMILES string of the molecule is CCCCCCCC(=O)O.[Na+].[O-][Cl+][O-]. The molecule has 0 aromatic carbocycles. The fourth-order valence-corrected chi connectivity index (χ4v) is 0.880. The van der Waals surface area contributed by atoms with Crippen molar-refractivity contribution < 1.29 is 60.1 Å². The third kappa shape index (κ3) is 29.3. The summed E-state index contributed by atoms with van der Waals surface area (Å²) >= 11 is -0.417. The van der Waals surface area contributed by atoms with Crippen LogP contribution < -0.4 is 38.9 Å². The summed E-state index contributed by atoms with van der Waals surface area (Å²) in [6.45, 7) is 2.15.